The molecule has 2 aromatic carbocycles. The average molecular weight is 479 g/mol. The highest BCUT2D eigenvalue weighted by Crippen LogP contribution is 2.29. The lowest BCUT2D eigenvalue weighted by molar-refractivity contribution is 0.252. The monoisotopic (exact) mass is 478 g/mol. The highest BCUT2D eigenvalue weighted by atomic mass is 16.5. The summed E-state index contributed by atoms with van der Waals surface area (Å²) in [5.41, 5.74) is 6.12. The molecule has 190 valence electrons. The smallest absolute Gasteiger partial charge is 0.229 e. The largest absolute Gasteiger partial charge is 0.493 e. The molecule has 0 bridgehead atoms. The third-order valence-electron chi connectivity index (χ3n) is 7.03. The molecule has 3 N–H and O–H groups in total. The lowest BCUT2D eigenvalue weighted by Crippen LogP contribution is -2.18. The van der Waals surface area contributed by atoms with Crippen molar-refractivity contribution in [1.82, 2.24) is 10.1 Å². The molecular weight excluding hydrogens is 436 g/mol. The number of benzene rings is 2. The SMILES string of the molecule is CCC(C)C(=N)N.CCCCC(C)c1nc(-c2ccc3cc(OCC4CCCC4)ccc3c2)no1. The van der Waals surface area contributed by atoms with E-state index in [0.29, 0.717) is 17.6 Å². The number of amidine groups is 1. The molecule has 2 unspecified atom stereocenters. The van der Waals surface area contributed by atoms with Crippen molar-refractivity contribution in [3.63, 3.8) is 0 Å². The first kappa shape index (κ1) is 26.7. The van der Waals surface area contributed by atoms with E-state index >= 15 is 0 Å². The molecule has 2 atom stereocenters. The summed E-state index contributed by atoms with van der Waals surface area (Å²) in [6, 6.07) is 12.6. The zero-order chi connectivity index (χ0) is 25.2. The van der Waals surface area contributed by atoms with Gasteiger partial charge in [0, 0.05) is 17.4 Å². The summed E-state index contributed by atoms with van der Waals surface area (Å²) in [5.74, 6) is 3.95. The summed E-state index contributed by atoms with van der Waals surface area (Å²) in [5, 5.41) is 13.4. The van der Waals surface area contributed by atoms with E-state index in [9.17, 15) is 0 Å². The fraction of sp³-hybridized carbons (Fsp3) is 0.552. The van der Waals surface area contributed by atoms with E-state index in [0.717, 1.165) is 48.0 Å². The van der Waals surface area contributed by atoms with Gasteiger partial charge in [0.15, 0.2) is 0 Å². The van der Waals surface area contributed by atoms with Gasteiger partial charge in [0.1, 0.15) is 5.75 Å². The van der Waals surface area contributed by atoms with E-state index in [-0.39, 0.29) is 5.92 Å². The van der Waals surface area contributed by atoms with Crippen LogP contribution in [0.4, 0.5) is 0 Å². The van der Waals surface area contributed by atoms with Crippen LogP contribution in [0.25, 0.3) is 22.2 Å². The van der Waals surface area contributed by atoms with Crippen LogP contribution in [0.15, 0.2) is 40.9 Å². The van der Waals surface area contributed by atoms with Crippen LogP contribution in [0.5, 0.6) is 5.75 Å². The van der Waals surface area contributed by atoms with Crippen LogP contribution >= 0.6 is 0 Å². The Labute approximate surface area is 210 Å². The predicted octanol–water partition coefficient (Wildman–Crippen LogP) is 7.72. The van der Waals surface area contributed by atoms with E-state index in [4.69, 9.17) is 20.4 Å². The quantitative estimate of drug-likeness (QED) is 0.229. The second-order valence-corrected chi connectivity index (χ2v) is 9.95. The molecule has 0 aliphatic heterocycles. The second kappa shape index (κ2) is 13.3. The van der Waals surface area contributed by atoms with Gasteiger partial charge in [0.2, 0.25) is 11.7 Å². The van der Waals surface area contributed by atoms with Crippen LogP contribution in [0.1, 0.15) is 90.9 Å². The van der Waals surface area contributed by atoms with Crippen molar-refractivity contribution >= 4 is 16.6 Å². The average Bonchev–Trinajstić information content (AvgIpc) is 3.58. The van der Waals surface area contributed by atoms with E-state index < -0.39 is 0 Å². The number of rotatable bonds is 10. The lowest BCUT2D eigenvalue weighted by Gasteiger charge is -2.12. The fourth-order valence-corrected chi connectivity index (χ4v) is 4.25. The van der Waals surface area contributed by atoms with Gasteiger partial charge in [-0.1, -0.05) is 76.7 Å². The molecule has 6 nitrogen and oxygen atoms in total. The summed E-state index contributed by atoms with van der Waals surface area (Å²) in [6.07, 6.45) is 9.73. The zero-order valence-corrected chi connectivity index (χ0v) is 21.8. The Morgan fingerprint density at radius 3 is 2.49 bits per heavy atom. The Bertz CT molecular complexity index is 1070. The third-order valence-corrected chi connectivity index (χ3v) is 7.03. The summed E-state index contributed by atoms with van der Waals surface area (Å²) in [7, 11) is 0. The molecule has 1 saturated carbocycles. The Morgan fingerprint density at radius 1 is 1.11 bits per heavy atom. The third kappa shape index (κ3) is 7.81. The van der Waals surface area contributed by atoms with Crippen molar-refractivity contribution in [3.8, 4) is 17.1 Å². The summed E-state index contributed by atoms with van der Waals surface area (Å²) < 4.78 is 11.5. The number of hydrogen-bond acceptors (Lipinski definition) is 5. The number of ether oxygens (including phenoxy) is 1. The Morgan fingerprint density at radius 2 is 1.83 bits per heavy atom. The maximum Gasteiger partial charge on any atom is 0.229 e. The molecule has 1 aromatic heterocycles. The van der Waals surface area contributed by atoms with Gasteiger partial charge >= 0.3 is 0 Å². The molecule has 1 fully saturated rings. The van der Waals surface area contributed by atoms with E-state index in [2.05, 4.69) is 60.4 Å². The van der Waals surface area contributed by atoms with Crippen LogP contribution in [0.3, 0.4) is 0 Å². The lowest BCUT2D eigenvalue weighted by atomic mass is 10.0. The molecule has 4 rings (SSSR count). The van der Waals surface area contributed by atoms with E-state index in [1.54, 1.807) is 0 Å². The zero-order valence-electron chi connectivity index (χ0n) is 21.8. The van der Waals surface area contributed by atoms with Crippen LogP contribution in [-0.2, 0) is 0 Å². The molecule has 0 amide bonds. The predicted molar refractivity (Wildman–Crippen MR) is 144 cm³/mol. The Hall–Kier alpha value is -2.89. The number of nitrogens with one attached hydrogen (secondary N) is 1. The molecule has 3 aromatic rings. The van der Waals surface area contributed by atoms with Crippen LogP contribution in [-0.4, -0.2) is 22.6 Å². The summed E-state index contributed by atoms with van der Waals surface area (Å²) in [6.45, 7) is 9.16. The van der Waals surface area contributed by atoms with Gasteiger partial charge < -0.3 is 15.0 Å². The van der Waals surface area contributed by atoms with Crippen molar-refractivity contribution in [2.45, 2.75) is 85.0 Å². The van der Waals surface area contributed by atoms with Crippen molar-refractivity contribution < 1.29 is 9.26 Å². The minimum Gasteiger partial charge on any atom is -0.493 e. The van der Waals surface area contributed by atoms with Gasteiger partial charge in [-0.05, 0) is 60.6 Å². The Balaban J connectivity index is 0.000000429. The maximum absolute atomic E-state index is 6.88. The minimum atomic E-state index is 0.264. The van der Waals surface area contributed by atoms with E-state index in [1.807, 2.05) is 13.8 Å². The highest BCUT2D eigenvalue weighted by Gasteiger charge is 2.16. The molecule has 1 heterocycles. The van der Waals surface area contributed by atoms with Crippen molar-refractivity contribution in [2.24, 2.45) is 17.6 Å². The molecule has 6 heteroatoms. The topological polar surface area (TPSA) is 98.0 Å². The standard InChI is InChI=1S/C24H30N2O2.C5H12N2/c1-3-4-7-17(2)24-25-23(26-28-24)21-11-10-20-15-22(13-12-19(20)14-21)27-16-18-8-5-6-9-18;1-3-4(2)5(6)7/h10-15,17-18H,3-9,16H2,1-2H3;4H,3H2,1-2H3,(H3,6,7). The number of nitrogens with zero attached hydrogens (tertiary/aromatic N) is 2. The number of nitrogens with two attached hydrogens (primary N) is 1. The number of hydrogen-bond donors (Lipinski definition) is 2. The first-order valence-corrected chi connectivity index (χ1v) is 13.3. The first-order chi connectivity index (χ1) is 16.9. The molecule has 0 radical (unpaired) electrons. The first-order valence-electron chi connectivity index (χ1n) is 13.3. The normalized spacial score (nSPS) is 15.4. The molecule has 0 saturated heterocycles. The maximum atomic E-state index is 6.88. The second-order valence-electron chi connectivity index (χ2n) is 9.95. The van der Waals surface area contributed by atoms with Gasteiger partial charge in [-0.15, -0.1) is 0 Å². The van der Waals surface area contributed by atoms with Gasteiger partial charge in [0.05, 0.1) is 12.4 Å². The molecule has 1 aliphatic carbocycles. The molecular formula is C29H42N4O2. The van der Waals surface area contributed by atoms with Gasteiger partial charge in [-0.2, -0.15) is 4.98 Å². The minimum absolute atomic E-state index is 0.264. The Kier molecular flexibility index (Phi) is 10.1. The number of aromatic nitrogens is 2. The number of fused-ring (bicyclic) bond motifs is 1. The van der Waals surface area contributed by atoms with Crippen LogP contribution in [0.2, 0.25) is 0 Å². The van der Waals surface area contributed by atoms with Gasteiger partial charge in [-0.3, -0.25) is 5.41 Å². The van der Waals surface area contributed by atoms with E-state index in [1.165, 1.54) is 43.9 Å². The van der Waals surface area contributed by atoms with Crippen LogP contribution in [0, 0.1) is 17.2 Å². The summed E-state index contributed by atoms with van der Waals surface area (Å²) >= 11 is 0. The van der Waals surface area contributed by atoms with Crippen molar-refractivity contribution in [2.75, 3.05) is 6.61 Å². The van der Waals surface area contributed by atoms with Crippen molar-refractivity contribution in [3.05, 3.63) is 42.3 Å². The molecule has 0 spiro atoms. The number of unbranched alkanes of at least 4 members (excludes halogenated alkanes) is 1. The summed E-state index contributed by atoms with van der Waals surface area (Å²) in [4.78, 5) is 4.63. The van der Waals surface area contributed by atoms with Gasteiger partial charge in [0.25, 0.3) is 0 Å². The molecule has 35 heavy (non-hydrogen) atoms. The fourth-order valence-electron chi connectivity index (χ4n) is 4.25. The highest BCUT2D eigenvalue weighted by molar-refractivity contribution is 5.87. The van der Waals surface area contributed by atoms with Crippen molar-refractivity contribution in [1.29, 1.82) is 5.41 Å². The molecule has 1 aliphatic rings. The van der Waals surface area contributed by atoms with Gasteiger partial charge in [-0.25, -0.2) is 0 Å². The van der Waals surface area contributed by atoms with Crippen LogP contribution < -0.4 is 10.5 Å².